The Labute approximate surface area is 103 Å². The summed E-state index contributed by atoms with van der Waals surface area (Å²) in [5, 5.41) is 0. The number of aromatic amines is 1. The van der Waals surface area contributed by atoms with Gasteiger partial charge < -0.3 is 4.42 Å². The molecule has 18 heavy (non-hydrogen) atoms. The number of aryl methyl sites for hydroxylation is 1. The highest BCUT2D eigenvalue weighted by Gasteiger charge is 2.03. The van der Waals surface area contributed by atoms with E-state index in [-0.39, 0.29) is 5.91 Å². The average Bonchev–Trinajstić information content (AvgIpc) is 2.73. The number of hydrazine groups is 1. The molecule has 0 aliphatic carbocycles. The van der Waals surface area contributed by atoms with E-state index in [1.54, 1.807) is 6.07 Å². The summed E-state index contributed by atoms with van der Waals surface area (Å²) in [4.78, 5) is 24.5. The van der Waals surface area contributed by atoms with Gasteiger partial charge in [0.25, 0.3) is 0 Å². The van der Waals surface area contributed by atoms with E-state index in [0.717, 1.165) is 24.8 Å². The van der Waals surface area contributed by atoms with Crippen LogP contribution in [0.5, 0.6) is 0 Å². The summed E-state index contributed by atoms with van der Waals surface area (Å²) in [7, 11) is 0. The number of unbranched alkanes of at least 4 members (excludes halogenated alkanes) is 1. The second-order valence-electron chi connectivity index (χ2n) is 4.12. The van der Waals surface area contributed by atoms with Gasteiger partial charge in [-0.15, -0.1) is 0 Å². The van der Waals surface area contributed by atoms with E-state index >= 15 is 0 Å². The Hall–Kier alpha value is -2.08. The van der Waals surface area contributed by atoms with Crippen LogP contribution in [0.15, 0.2) is 27.4 Å². The largest absolute Gasteiger partial charge is 0.417 e. The molecule has 0 unspecified atom stereocenters. The highest BCUT2D eigenvalue weighted by molar-refractivity contribution is 5.75. The van der Waals surface area contributed by atoms with Crippen LogP contribution in [-0.2, 0) is 11.2 Å². The smallest absolute Gasteiger partial charge is 0.408 e. The van der Waals surface area contributed by atoms with E-state index in [2.05, 4.69) is 10.4 Å². The van der Waals surface area contributed by atoms with Gasteiger partial charge in [0.1, 0.15) is 0 Å². The van der Waals surface area contributed by atoms with Gasteiger partial charge in [-0.2, -0.15) is 0 Å². The fourth-order valence-corrected chi connectivity index (χ4v) is 1.84. The van der Waals surface area contributed by atoms with Crippen molar-refractivity contribution in [1.29, 1.82) is 0 Å². The Morgan fingerprint density at radius 3 is 3.00 bits per heavy atom. The predicted molar refractivity (Wildman–Crippen MR) is 66.7 cm³/mol. The number of carbonyl (C=O) groups is 1. The van der Waals surface area contributed by atoms with E-state index in [0.29, 0.717) is 17.5 Å². The zero-order valence-corrected chi connectivity index (χ0v) is 9.86. The van der Waals surface area contributed by atoms with Crippen LogP contribution in [0.4, 0.5) is 0 Å². The van der Waals surface area contributed by atoms with Gasteiger partial charge in [-0.1, -0.05) is 6.07 Å². The first-order valence-corrected chi connectivity index (χ1v) is 5.80. The zero-order chi connectivity index (χ0) is 13.0. The summed E-state index contributed by atoms with van der Waals surface area (Å²) in [6.07, 6.45) is 2.95. The van der Waals surface area contributed by atoms with Crippen molar-refractivity contribution in [2.75, 3.05) is 0 Å². The molecule has 4 N–H and O–H groups in total. The number of oxazole rings is 1. The second kappa shape index (κ2) is 5.50. The second-order valence-corrected chi connectivity index (χ2v) is 4.12. The lowest BCUT2D eigenvalue weighted by Crippen LogP contribution is -2.29. The first-order valence-electron chi connectivity index (χ1n) is 5.80. The van der Waals surface area contributed by atoms with Gasteiger partial charge in [0.15, 0.2) is 5.58 Å². The fraction of sp³-hybridized carbons (Fsp3) is 0.333. The zero-order valence-electron chi connectivity index (χ0n) is 9.86. The van der Waals surface area contributed by atoms with Gasteiger partial charge in [0.05, 0.1) is 5.52 Å². The number of nitrogens with one attached hydrogen (secondary N) is 2. The molecule has 1 amide bonds. The van der Waals surface area contributed by atoms with Crippen molar-refractivity contribution in [3.63, 3.8) is 0 Å². The van der Waals surface area contributed by atoms with Gasteiger partial charge in [0, 0.05) is 6.42 Å². The molecular formula is C12H15N3O3. The summed E-state index contributed by atoms with van der Waals surface area (Å²) in [6.45, 7) is 0. The third-order valence-corrected chi connectivity index (χ3v) is 2.76. The molecular weight excluding hydrogens is 234 g/mol. The lowest BCUT2D eigenvalue weighted by atomic mass is 10.1. The number of amides is 1. The summed E-state index contributed by atoms with van der Waals surface area (Å²) in [5.41, 5.74) is 4.47. The van der Waals surface area contributed by atoms with Crippen LogP contribution in [0.3, 0.4) is 0 Å². The maximum Gasteiger partial charge on any atom is 0.417 e. The Balaban J connectivity index is 1.91. The molecule has 0 atom stereocenters. The number of aromatic nitrogens is 1. The van der Waals surface area contributed by atoms with Crippen molar-refractivity contribution >= 4 is 17.0 Å². The Morgan fingerprint density at radius 2 is 2.22 bits per heavy atom. The molecule has 0 aliphatic heterocycles. The predicted octanol–water partition coefficient (Wildman–Crippen LogP) is 0.824. The highest BCUT2D eigenvalue weighted by atomic mass is 16.4. The van der Waals surface area contributed by atoms with Crippen LogP contribution in [-0.4, -0.2) is 10.9 Å². The molecule has 6 heteroatoms. The normalized spacial score (nSPS) is 10.7. The van der Waals surface area contributed by atoms with Gasteiger partial charge in [-0.3, -0.25) is 15.2 Å². The van der Waals surface area contributed by atoms with Gasteiger partial charge >= 0.3 is 5.76 Å². The molecule has 1 aromatic carbocycles. The summed E-state index contributed by atoms with van der Waals surface area (Å²) in [6, 6.07) is 5.58. The van der Waals surface area contributed by atoms with Crippen LogP contribution in [0.25, 0.3) is 11.1 Å². The van der Waals surface area contributed by atoms with Crippen molar-refractivity contribution in [3.05, 3.63) is 34.3 Å². The molecule has 0 saturated heterocycles. The van der Waals surface area contributed by atoms with Crippen molar-refractivity contribution in [2.24, 2.45) is 5.84 Å². The molecule has 2 aromatic rings. The number of benzene rings is 1. The van der Waals surface area contributed by atoms with E-state index < -0.39 is 5.76 Å². The van der Waals surface area contributed by atoms with Crippen LogP contribution >= 0.6 is 0 Å². The van der Waals surface area contributed by atoms with Crippen LogP contribution in [0.1, 0.15) is 24.8 Å². The topological polar surface area (TPSA) is 101 Å². The molecule has 6 nitrogen and oxygen atoms in total. The lowest BCUT2D eigenvalue weighted by molar-refractivity contribution is -0.121. The van der Waals surface area contributed by atoms with Crippen LogP contribution in [0.2, 0.25) is 0 Å². The highest BCUT2D eigenvalue weighted by Crippen LogP contribution is 2.14. The Morgan fingerprint density at radius 1 is 1.39 bits per heavy atom. The third kappa shape index (κ3) is 2.98. The standard InChI is InChI=1S/C12H15N3O3/c13-15-11(16)4-2-1-3-8-5-6-10-9(7-8)14-12(17)18-10/h5-7H,1-4,13H2,(H,14,17)(H,15,16). The lowest BCUT2D eigenvalue weighted by Gasteiger charge is -2.01. The molecule has 0 bridgehead atoms. The quantitative estimate of drug-likeness (QED) is 0.316. The van der Waals surface area contributed by atoms with Gasteiger partial charge in [-0.05, 0) is 37.0 Å². The number of hydrogen-bond donors (Lipinski definition) is 3. The van der Waals surface area contributed by atoms with Crippen molar-refractivity contribution in [3.8, 4) is 0 Å². The molecule has 96 valence electrons. The van der Waals surface area contributed by atoms with Gasteiger partial charge in [0.2, 0.25) is 5.91 Å². The van der Waals surface area contributed by atoms with E-state index in [9.17, 15) is 9.59 Å². The Kier molecular flexibility index (Phi) is 3.78. The Bertz CT molecular complexity index is 600. The molecule has 0 aliphatic rings. The van der Waals surface area contributed by atoms with Gasteiger partial charge in [-0.25, -0.2) is 10.6 Å². The molecule has 1 aromatic heterocycles. The third-order valence-electron chi connectivity index (χ3n) is 2.76. The first-order chi connectivity index (χ1) is 8.69. The number of nitrogens with two attached hydrogens (primary N) is 1. The number of H-pyrrole nitrogens is 1. The SMILES string of the molecule is NNC(=O)CCCCc1ccc2oc(=O)[nH]c2c1. The molecule has 2 rings (SSSR count). The molecule has 0 saturated carbocycles. The summed E-state index contributed by atoms with van der Waals surface area (Å²) < 4.78 is 4.92. The number of rotatable bonds is 5. The minimum absolute atomic E-state index is 0.149. The minimum Gasteiger partial charge on any atom is -0.408 e. The molecule has 0 fully saturated rings. The maximum atomic E-state index is 11.0. The minimum atomic E-state index is -0.443. The molecule has 0 spiro atoms. The van der Waals surface area contributed by atoms with E-state index in [4.69, 9.17) is 10.3 Å². The monoisotopic (exact) mass is 249 g/mol. The maximum absolute atomic E-state index is 11.0. The van der Waals surface area contributed by atoms with Crippen molar-refractivity contribution in [2.45, 2.75) is 25.7 Å². The molecule has 0 radical (unpaired) electrons. The van der Waals surface area contributed by atoms with Crippen LogP contribution in [0, 0.1) is 0 Å². The van der Waals surface area contributed by atoms with E-state index in [1.165, 1.54) is 0 Å². The number of carbonyl (C=O) groups excluding carboxylic acids is 1. The first kappa shape index (κ1) is 12.4. The van der Waals surface area contributed by atoms with Crippen molar-refractivity contribution < 1.29 is 9.21 Å². The number of fused-ring (bicyclic) bond motifs is 1. The van der Waals surface area contributed by atoms with Crippen molar-refractivity contribution in [1.82, 2.24) is 10.4 Å². The number of hydrogen-bond acceptors (Lipinski definition) is 4. The summed E-state index contributed by atoms with van der Waals surface area (Å²) >= 11 is 0. The summed E-state index contributed by atoms with van der Waals surface area (Å²) in [5.74, 6) is 4.39. The average molecular weight is 249 g/mol. The fourth-order valence-electron chi connectivity index (χ4n) is 1.84. The van der Waals surface area contributed by atoms with Crippen LogP contribution < -0.4 is 17.0 Å². The van der Waals surface area contributed by atoms with E-state index in [1.807, 2.05) is 12.1 Å². The molecule has 1 heterocycles.